The molecule has 8 nitrogen and oxygen atoms in total. The van der Waals surface area contributed by atoms with E-state index >= 15 is 0 Å². The van der Waals surface area contributed by atoms with Crippen LogP contribution in [0.2, 0.25) is 10.0 Å². The van der Waals surface area contributed by atoms with Crippen molar-refractivity contribution in [3.05, 3.63) is 88.4 Å². The maximum atomic E-state index is 14.0. The van der Waals surface area contributed by atoms with Gasteiger partial charge in [-0.3, -0.25) is 13.9 Å². The van der Waals surface area contributed by atoms with Crippen LogP contribution in [0.25, 0.3) is 0 Å². The second-order valence-electron chi connectivity index (χ2n) is 9.28. The number of ether oxygens (including phenoxy) is 1. The third-order valence-corrected chi connectivity index (χ3v) is 8.85. The number of hydrogen-bond acceptors (Lipinski definition) is 5. The highest BCUT2D eigenvalue weighted by Gasteiger charge is 2.33. The Morgan fingerprint density at radius 3 is 2.30 bits per heavy atom. The standard InChI is InChI=1S/C29H33Cl2N3O5S/c1-5-20(2)32-29(36)21(3)33(18-22-14-15-23(30)16-27(22)31)28(35)19-34(24-10-9-11-25(17-24)39-4)40(37,38)26-12-7-6-8-13-26/h6-17,20-21H,5,18-19H2,1-4H3,(H,32,36)/t20-,21-/m0/s1. The first-order valence-corrected chi connectivity index (χ1v) is 14.9. The molecule has 11 heteroatoms. The molecule has 0 saturated heterocycles. The first kappa shape index (κ1) is 31.3. The Morgan fingerprint density at radius 2 is 1.68 bits per heavy atom. The molecular formula is C29H33Cl2N3O5S. The summed E-state index contributed by atoms with van der Waals surface area (Å²) in [6.45, 7) is 4.79. The van der Waals surface area contributed by atoms with Crippen molar-refractivity contribution >= 4 is 50.7 Å². The molecule has 1 N–H and O–H groups in total. The van der Waals surface area contributed by atoms with Crippen molar-refractivity contribution in [2.24, 2.45) is 0 Å². The van der Waals surface area contributed by atoms with E-state index in [0.717, 1.165) is 4.31 Å². The zero-order valence-corrected chi connectivity index (χ0v) is 25.1. The van der Waals surface area contributed by atoms with Gasteiger partial charge in [-0.05, 0) is 62.2 Å². The van der Waals surface area contributed by atoms with Crippen molar-refractivity contribution in [2.75, 3.05) is 18.0 Å². The summed E-state index contributed by atoms with van der Waals surface area (Å²) in [5.74, 6) is -0.545. The molecule has 0 aromatic heterocycles. The molecule has 2 atom stereocenters. The van der Waals surface area contributed by atoms with Crippen LogP contribution in [0.1, 0.15) is 32.8 Å². The van der Waals surface area contributed by atoms with Gasteiger partial charge in [-0.15, -0.1) is 0 Å². The topological polar surface area (TPSA) is 96.0 Å². The first-order chi connectivity index (χ1) is 19.0. The summed E-state index contributed by atoms with van der Waals surface area (Å²) in [6, 6.07) is 18.1. The molecule has 0 saturated carbocycles. The Morgan fingerprint density at radius 1 is 0.975 bits per heavy atom. The van der Waals surface area contributed by atoms with E-state index < -0.39 is 28.5 Å². The molecule has 0 spiro atoms. The number of hydrogen-bond donors (Lipinski definition) is 1. The fourth-order valence-electron chi connectivity index (χ4n) is 3.90. The molecule has 40 heavy (non-hydrogen) atoms. The second-order valence-corrected chi connectivity index (χ2v) is 12.0. The number of nitrogens with zero attached hydrogens (tertiary/aromatic N) is 2. The van der Waals surface area contributed by atoms with Crippen LogP contribution < -0.4 is 14.4 Å². The molecule has 0 fully saturated rings. The van der Waals surface area contributed by atoms with Crippen molar-refractivity contribution in [2.45, 2.75) is 50.7 Å². The summed E-state index contributed by atoms with van der Waals surface area (Å²) in [6.07, 6.45) is 0.703. The van der Waals surface area contributed by atoms with Gasteiger partial charge in [0, 0.05) is 28.7 Å². The van der Waals surface area contributed by atoms with Gasteiger partial charge in [-0.1, -0.05) is 60.5 Å². The zero-order valence-electron chi connectivity index (χ0n) is 22.8. The Bertz CT molecular complexity index is 1440. The minimum Gasteiger partial charge on any atom is -0.497 e. The molecule has 2 amide bonds. The molecular weight excluding hydrogens is 573 g/mol. The molecule has 3 aromatic rings. The Labute approximate surface area is 245 Å². The predicted molar refractivity (Wildman–Crippen MR) is 158 cm³/mol. The van der Waals surface area contributed by atoms with E-state index in [1.807, 2.05) is 13.8 Å². The highest BCUT2D eigenvalue weighted by Crippen LogP contribution is 2.28. The minimum absolute atomic E-state index is 0.0143. The summed E-state index contributed by atoms with van der Waals surface area (Å²) in [7, 11) is -2.71. The summed E-state index contributed by atoms with van der Waals surface area (Å²) in [5, 5.41) is 3.64. The number of nitrogens with one attached hydrogen (secondary N) is 1. The average Bonchev–Trinajstić information content (AvgIpc) is 2.95. The maximum Gasteiger partial charge on any atom is 0.264 e. The average molecular weight is 607 g/mol. The molecule has 0 heterocycles. The van der Waals surface area contributed by atoms with Crippen LogP contribution in [0.3, 0.4) is 0 Å². The zero-order chi connectivity index (χ0) is 29.4. The highest BCUT2D eigenvalue weighted by atomic mass is 35.5. The quantitative estimate of drug-likeness (QED) is 0.293. The van der Waals surface area contributed by atoms with Crippen LogP contribution >= 0.6 is 23.2 Å². The molecule has 0 unspecified atom stereocenters. The summed E-state index contributed by atoms with van der Waals surface area (Å²) < 4.78 is 34.0. The van der Waals surface area contributed by atoms with Crippen molar-refractivity contribution in [1.29, 1.82) is 0 Å². The number of amides is 2. The number of halogens is 2. The van der Waals surface area contributed by atoms with E-state index in [-0.39, 0.29) is 29.1 Å². The van der Waals surface area contributed by atoms with Gasteiger partial charge in [0.2, 0.25) is 11.8 Å². The van der Waals surface area contributed by atoms with Gasteiger partial charge in [0.25, 0.3) is 10.0 Å². The maximum absolute atomic E-state index is 14.0. The third kappa shape index (κ3) is 7.68. The van der Waals surface area contributed by atoms with Crippen LogP contribution in [0.4, 0.5) is 5.69 Å². The normalized spacial score (nSPS) is 12.8. The van der Waals surface area contributed by atoms with Gasteiger partial charge in [0.1, 0.15) is 18.3 Å². The largest absolute Gasteiger partial charge is 0.497 e. The first-order valence-electron chi connectivity index (χ1n) is 12.7. The lowest BCUT2D eigenvalue weighted by molar-refractivity contribution is -0.139. The van der Waals surface area contributed by atoms with Gasteiger partial charge in [-0.25, -0.2) is 8.42 Å². The Balaban J connectivity index is 2.05. The molecule has 0 aliphatic rings. The molecule has 3 aromatic carbocycles. The van der Waals surface area contributed by atoms with Crippen LogP contribution in [0.5, 0.6) is 5.75 Å². The van der Waals surface area contributed by atoms with Crippen molar-refractivity contribution in [1.82, 2.24) is 10.2 Å². The van der Waals surface area contributed by atoms with Crippen LogP contribution in [0.15, 0.2) is 77.7 Å². The molecule has 0 aliphatic carbocycles. The van der Waals surface area contributed by atoms with E-state index in [0.29, 0.717) is 27.8 Å². The van der Waals surface area contributed by atoms with Crippen molar-refractivity contribution < 1.29 is 22.7 Å². The van der Waals surface area contributed by atoms with Gasteiger partial charge in [-0.2, -0.15) is 0 Å². The Hall–Kier alpha value is -3.27. The van der Waals surface area contributed by atoms with Gasteiger partial charge >= 0.3 is 0 Å². The van der Waals surface area contributed by atoms with Crippen LogP contribution in [-0.4, -0.2) is 50.9 Å². The number of benzene rings is 3. The predicted octanol–water partition coefficient (Wildman–Crippen LogP) is 5.53. The number of rotatable bonds is 12. The van der Waals surface area contributed by atoms with Gasteiger partial charge in [0.05, 0.1) is 17.7 Å². The van der Waals surface area contributed by atoms with E-state index in [9.17, 15) is 18.0 Å². The highest BCUT2D eigenvalue weighted by molar-refractivity contribution is 7.92. The SMILES string of the molecule is CC[C@H](C)NC(=O)[C@H](C)N(Cc1ccc(Cl)cc1Cl)C(=O)CN(c1cccc(OC)c1)S(=O)(=O)c1ccccc1. The van der Waals surface area contributed by atoms with Crippen LogP contribution in [-0.2, 0) is 26.2 Å². The Kier molecular flexibility index (Phi) is 10.8. The molecule has 0 radical (unpaired) electrons. The van der Waals surface area contributed by atoms with E-state index in [1.54, 1.807) is 61.5 Å². The summed E-state index contributed by atoms with van der Waals surface area (Å²) in [4.78, 5) is 28.5. The fourth-order valence-corrected chi connectivity index (χ4v) is 5.79. The molecule has 0 bridgehead atoms. The number of sulfonamides is 1. The fraction of sp³-hybridized carbons (Fsp3) is 0.310. The van der Waals surface area contributed by atoms with Gasteiger partial charge < -0.3 is 15.0 Å². The number of anilines is 1. The minimum atomic E-state index is -4.18. The number of carbonyl (C=O) groups is 2. The lowest BCUT2D eigenvalue weighted by atomic mass is 10.1. The number of carbonyl (C=O) groups excluding carboxylic acids is 2. The molecule has 0 aliphatic heterocycles. The van der Waals surface area contributed by atoms with Crippen molar-refractivity contribution in [3.63, 3.8) is 0 Å². The van der Waals surface area contributed by atoms with Crippen LogP contribution in [0, 0.1) is 0 Å². The third-order valence-electron chi connectivity index (χ3n) is 6.48. The van der Waals surface area contributed by atoms with Gasteiger partial charge in [0.15, 0.2) is 0 Å². The van der Waals surface area contributed by atoms with Crippen molar-refractivity contribution in [3.8, 4) is 5.75 Å². The monoisotopic (exact) mass is 605 g/mol. The summed E-state index contributed by atoms with van der Waals surface area (Å²) in [5.41, 5.74) is 0.791. The lowest BCUT2D eigenvalue weighted by Crippen LogP contribution is -2.52. The smallest absolute Gasteiger partial charge is 0.264 e. The number of methoxy groups -OCH3 is 1. The summed E-state index contributed by atoms with van der Waals surface area (Å²) >= 11 is 12.5. The lowest BCUT2D eigenvalue weighted by Gasteiger charge is -2.32. The van der Waals surface area contributed by atoms with E-state index in [4.69, 9.17) is 27.9 Å². The second kappa shape index (κ2) is 13.9. The molecule has 3 rings (SSSR count). The van der Waals surface area contributed by atoms with E-state index in [2.05, 4.69) is 5.32 Å². The van der Waals surface area contributed by atoms with E-state index in [1.165, 1.54) is 30.2 Å². The molecule has 214 valence electrons.